The standard InChI is InChI=1S/C4H7ClNO/c5-4-3-7-2-1-6-4/h2,4,6H,1,3H2. The number of hydrogen-bond donors (Lipinski definition) is 1. The fourth-order valence-corrected chi connectivity index (χ4v) is 0.608. The van der Waals surface area contributed by atoms with Crippen LogP contribution in [0.3, 0.4) is 0 Å². The lowest BCUT2D eigenvalue weighted by Crippen LogP contribution is -2.34. The molecule has 1 rings (SSSR count). The van der Waals surface area contributed by atoms with Gasteiger partial charge in [-0.2, -0.15) is 0 Å². The number of nitrogens with one attached hydrogen (secondary N) is 1. The van der Waals surface area contributed by atoms with E-state index in [-0.39, 0.29) is 5.50 Å². The Morgan fingerprint density at radius 1 is 1.86 bits per heavy atom. The minimum absolute atomic E-state index is 0.00463. The van der Waals surface area contributed by atoms with E-state index in [0.29, 0.717) is 6.61 Å². The van der Waals surface area contributed by atoms with E-state index in [1.54, 1.807) is 6.61 Å². The fraction of sp³-hybridized carbons (Fsp3) is 0.750. The molecule has 1 heterocycles. The number of hydrogen-bond acceptors (Lipinski definition) is 2. The van der Waals surface area contributed by atoms with Crippen LogP contribution in [0, 0.1) is 6.61 Å². The van der Waals surface area contributed by atoms with Crippen LogP contribution in [0.4, 0.5) is 0 Å². The van der Waals surface area contributed by atoms with Gasteiger partial charge in [0, 0.05) is 6.54 Å². The summed E-state index contributed by atoms with van der Waals surface area (Å²) in [6.07, 6.45) is 0. The molecule has 0 bridgehead atoms. The lowest BCUT2D eigenvalue weighted by atomic mass is 10.5. The normalized spacial score (nSPS) is 33.0. The number of halogens is 1. The highest BCUT2D eigenvalue weighted by atomic mass is 35.5. The van der Waals surface area contributed by atoms with Crippen molar-refractivity contribution in [2.45, 2.75) is 5.50 Å². The van der Waals surface area contributed by atoms with Crippen LogP contribution in [-0.4, -0.2) is 18.7 Å². The number of alkyl halides is 1. The van der Waals surface area contributed by atoms with Crippen molar-refractivity contribution < 1.29 is 4.74 Å². The Kier molecular flexibility index (Phi) is 1.91. The van der Waals surface area contributed by atoms with Crippen LogP contribution < -0.4 is 5.32 Å². The Labute approximate surface area is 47.8 Å². The van der Waals surface area contributed by atoms with Crippen molar-refractivity contribution in [2.75, 3.05) is 13.2 Å². The van der Waals surface area contributed by atoms with E-state index < -0.39 is 0 Å². The van der Waals surface area contributed by atoms with Crippen molar-refractivity contribution in [1.82, 2.24) is 5.32 Å². The zero-order valence-corrected chi connectivity index (χ0v) is 4.61. The van der Waals surface area contributed by atoms with E-state index in [9.17, 15) is 0 Å². The van der Waals surface area contributed by atoms with Crippen molar-refractivity contribution in [3.8, 4) is 0 Å². The zero-order valence-electron chi connectivity index (χ0n) is 3.86. The molecule has 1 fully saturated rings. The minimum Gasteiger partial charge on any atom is -0.371 e. The fourth-order valence-electron chi connectivity index (χ4n) is 0.446. The molecule has 7 heavy (non-hydrogen) atoms. The SMILES string of the molecule is ClC1CO[CH]CN1. The van der Waals surface area contributed by atoms with Crippen molar-refractivity contribution in [3.05, 3.63) is 6.61 Å². The van der Waals surface area contributed by atoms with Crippen LogP contribution in [0.2, 0.25) is 0 Å². The molecule has 41 valence electrons. The first-order valence-electron chi connectivity index (χ1n) is 2.20. The number of morpholine rings is 1. The molecule has 1 atom stereocenters. The van der Waals surface area contributed by atoms with Crippen LogP contribution >= 0.6 is 11.6 Å². The van der Waals surface area contributed by atoms with E-state index >= 15 is 0 Å². The van der Waals surface area contributed by atoms with Gasteiger partial charge in [0.25, 0.3) is 0 Å². The maximum Gasteiger partial charge on any atom is 0.106 e. The van der Waals surface area contributed by atoms with Gasteiger partial charge in [-0.25, -0.2) is 0 Å². The summed E-state index contributed by atoms with van der Waals surface area (Å²) >= 11 is 5.56. The maximum absolute atomic E-state index is 5.56. The Bertz CT molecular complexity index is 53.7. The molecule has 1 unspecified atom stereocenters. The van der Waals surface area contributed by atoms with Gasteiger partial charge in [0.15, 0.2) is 0 Å². The highest BCUT2D eigenvalue weighted by molar-refractivity contribution is 6.20. The van der Waals surface area contributed by atoms with E-state index in [0.717, 1.165) is 6.54 Å². The van der Waals surface area contributed by atoms with Gasteiger partial charge in [0.1, 0.15) is 5.50 Å². The van der Waals surface area contributed by atoms with Crippen molar-refractivity contribution in [2.24, 2.45) is 0 Å². The first-order chi connectivity index (χ1) is 3.39. The molecule has 0 aliphatic carbocycles. The van der Waals surface area contributed by atoms with Gasteiger partial charge in [-0.15, -0.1) is 11.6 Å². The molecule has 1 saturated heterocycles. The Balaban J connectivity index is 2.12. The zero-order chi connectivity index (χ0) is 5.11. The summed E-state index contributed by atoms with van der Waals surface area (Å²) in [5, 5.41) is 2.97. The largest absolute Gasteiger partial charge is 0.371 e. The van der Waals surface area contributed by atoms with Gasteiger partial charge >= 0.3 is 0 Å². The highest BCUT2D eigenvalue weighted by Gasteiger charge is 2.07. The first-order valence-corrected chi connectivity index (χ1v) is 2.64. The second-order valence-electron chi connectivity index (χ2n) is 1.38. The van der Waals surface area contributed by atoms with Crippen LogP contribution in [0.5, 0.6) is 0 Å². The monoisotopic (exact) mass is 120 g/mol. The molecule has 0 aromatic carbocycles. The summed E-state index contributed by atoms with van der Waals surface area (Å²) in [6, 6.07) is 0. The smallest absolute Gasteiger partial charge is 0.106 e. The lowest BCUT2D eigenvalue weighted by molar-refractivity contribution is 0.155. The van der Waals surface area contributed by atoms with E-state index in [1.165, 1.54) is 0 Å². The third-order valence-corrected chi connectivity index (χ3v) is 1.06. The molecule has 0 saturated carbocycles. The Morgan fingerprint density at radius 2 is 2.71 bits per heavy atom. The average Bonchev–Trinajstić information content (AvgIpc) is 1.69. The van der Waals surface area contributed by atoms with Crippen LogP contribution in [0.1, 0.15) is 0 Å². The molecule has 1 aliphatic rings. The van der Waals surface area contributed by atoms with Crippen molar-refractivity contribution >= 4 is 11.6 Å². The lowest BCUT2D eigenvalue weighted by Gasteiger charge is -2.16. The van der Waals surface area contributed by atoms with Crippen molar-refractivity contribution in [1.29, 1.82) is 0 Å². The van der Waals surface area contributed by atoms with Gasteiger partial charge in [0.05, 0.1) is 13.2 Å². The van der Waals surface area contributed by atoms with E-state index in [1.807, 2.05) is 0 Å². The molecule has 0 amide bonds. The van der Waals surface area contributed by atoms with Crippen LogP contribution in [-0.2, 0) is 4.74 Å². The van der Waals surface area contributed by atoms with Gasteiger partial charge in [0.2, 0.25) is 0 Å². The molecule has 1 aliphatic heterocycles. The molecule has 2 nitrogen and oxygen atoms in total. The molecule has 0 spiro atoms. The van der Waals surface area contributed by atoms with E-state index in [4.69, 9.17) is 16.3 Å². The summed E-state index contributed by atoms with van der Waals surface area (Å²) < 4.78 is 4.86. The second-order valence-corrected chi connectivity index (χ2v) is 1.90. The number of ether oxygens (including phenoxy) is 1. The molecule has 0 aromatic rings. The molecule has 3 heteroatoms. The highest BCUT2D eigenvalue weighted by Crippen LogP contribution is 1.98. The first kappa shape index (κ1) is 5.35. The predicted molar refractivity (Wildman–Crippen MR) is 27.9 cm³/mol. The third-order valence-electron chi connectivity index (χ3n) is 0.783. The summed E-state index contributed by atoms with van der Waals surface area (Å²) in [5.41, 5.74) is 0.00463. The second kappa shape index (κ2) is 2.50. The molecule has 1 N–H and O–H groups in total. The predicted octanol–water partition coefficient (Wildman–Crippen LogP) is 0.333. The minimum atomic E-state index is 0.00463. The molecule has 1 radical (unpaired) electrons. The van der Waals surface area contributed by atoms with Crippen LogP contribution in [0.25, 0.3) is 0 Å². The topological polar surface area (TPSA) is 21.3 Å². The quantitative estimate of drug-likeness (QED) is 0.368. The summed E-state index contributed by atoms with van der Waals surface area (Å²) in [4.78, 5) is 0. The maximum atomic E-state index is 5.56. The summed E-state index contributed by atoms with van der Waals surface area (Å²) in [5.74, 6) is 0. The van der Waals surface area contributed by atoms with Crippen molar-refractivity contribution in [3.63, 3.8) is 0 Å². The third kappa shape index (κ3) is 1.63. The van der Waals surface area contributed by atoms with Gasteiger partial charge in [-0.1, -0.05) is 0 Å². The molecular formula is C4H7ClNO. The van der Waals surface area contributed by atoms with Gasteiger partial charge < -0.3 is 4.74 Å². The summed E-state index contributed by atoms with van der Waals surface area (Å²) in [6.45, 7) is 3.05. The van der Waals surface area contributed by atoms with Gasteiger partial charge in [-0.05, 0) is 0 Å². The summed E-state index contributed by atoms with van der Waals surface area (Å²) in [7, 11) is 0. The average molecular weight is 121 g/mol. The molecule has 0 aromatic heterocycles. The Hall–Kier alpha value is 0.210. The molecular weight excluding hydrogens is 114 g/mol. The van der Waals surface area contributed by atoms with Crippen LogP contribution in [0.15, 0.2) is 0 Å². The Morgan fingerprint density at radius 3 is 3.00 bits per heavy atom. The van der Waals surface area contributed by atoms with Gasteiger partial charge in [-0.3, -0.25) is 5.32 Å². The van der Waals surface area contributed by atoms with E-state index in [2.05, 4.69) is 5.32 Å². The number of rotatable bonds is 0.